The first kappa shape index (κ1) is 17.3. The summed E-state index contributed by atoms with van der Waals surface area (Å²) in [4.78, 5) is 23.8. The van der Waals surface area contributed by atoms with E-state index in [2.05, 4.69) is 5.32 Å². The van der Waals surface area contributed by atoms with Crippen LogP contribution in [0.2, 0.25) is 0 Å². The van der Waals surface area contributed by atoms with Gasteiger partial charge in [-0.05, 0) is 38.0 Å². The minimum Gasteiger partial charge on any atom is -0.452 e. The Bertz CT molecular complexity index is 580. The van der Waals surface area contributed by atoms with Gasteiger partial charge in [-0.3, -0.25) is 9.59 Å². The fraction of sp³-hybridized carbons (Fsp3) is 0.500. The summed E-state index contributed by atoms with van der Waals surface area (Å²) < 4.78 is 43.0. The van der Waals surface area contributed by atoms with Crippen LogP contribution in [0.1, 0.15) is 38.2 Å². The van der Waals surface area contributed by atoms with E-state index in [0.717, 1.165) is 37.8 Å². The molecule has 1 atom stereocenters. The lowest BCUT2D eigenvalue weighted by molar-refractivity contribution is -0.157. The number of carbonyl (C=O) groups is 2. The monoisotopic (exact) mass is 329 g/mol. The minimum atomic E-state index is -4.48. The minimum absolute atomic E-state index is 0.00795. The number of hydrogen-bond acceptors (Lipinski definition) is 3. The smallest absolute Gasteiger partial charge is 0.416 e. The predicted molar refractivity (Wildman–Crippen MR) is 77.6 cm³/mol. The number of alkyl halides is 3. The highest BCUT2D eigenvalue weighted by molar-refractivity contribution is 5.95. The maximum Gasteiger partial charge on any atom is 0.416 e. The fourth-order valence-electron chi connectivity index (χ4n) is 2.50. The third kappa shape index (κ3) is 4.71. The molecule has 7 heteroatoms. The molecule has 1 aliphatic carbocycles. The van der Waals surface area contributed by atoms with Gasteiger partial charge in [-0.25, -0.2) is 0 Å². The van der Waals surface area contributed by atoms with Crippen LogP contribution in [-0.2, 0) is 20.5 Å². The Balaban J connectivity index is 1.94. The van der Waals surface area contributed by atoms with Crippen LogP contribution in [0.5, 0.6) is 0 Å². The summed E-state index contributed by atoms with van der Waals surface area (Å²) in [6, 6.07) is 4.30. The Labute approximate surface area is 132 Å². The number of esters is 1. The number of carbonyl (C=O) groups excluding carboxylic acids is 2. The fourth-order valence-corrected chi connectivity index (χ4v) is 2.50. The van der Waals surface area contributed by atoms with E-state index in [1.54, 1.807) is 0 Å². The van der Waals surface area contributed by atoms with E-state index in [1.165, 1.54) is 19.1 Å². The molecule has 1 aromatic rings. The van der Waals surface area contributed by atoms with E-state index in [-0.39, 0.29) is 11.6 Å². The van der Waals surface area contributed by atoms with Gasteiger partial charge in [0.2, 0.25) is 0 Å². The first-order valence-electron chi connectivity index (χ1n) is 7.46. The number of rotatable bonds is 4. The molecule has 1 amide bonds. The van der Waals surface area contributed by atoms with Gasteiger partial charge in [0.15, 0.2) is 6.10 Å². The molecule has 126 valence electrons. The van der Waals surface area contributed by atoms with Crippen molar-refractivity contribution in [2.24, 2.45) is 5.92 Å². The van der Waals surface area contributed by atoms with Crippen LogP contribution in [-0.4, -0.2) is 18.0 Å². The van der Waals surface area contributed by atoms with Crippen LogP contribution < -0.4 is 5.32 Å². The Hall–Kier alpha value is -2.05. The number of anilines is 1. The largest absolute Gasteiger partial charge is 0.452 e. The average Bonchev–Trinajstić information content (AvgIpc) is 3.00. The molecule has 1 aromatic carbocycles. The van der Waals surface area contributed by atoms with Crippen LogP contribution in [0.4, 0.5) is 18.9 Å². The molecular weight excluding hydrogens is 311 g/mol. The van der Waals surface area contributed by atoms with Gasteiger partial charge in [0.25, 0.3) is 5.91 Å². The second-order valence-corrected chi connectivity index (χ2v) is 5.63. The lowest BCUT2D eigenvalue weighted by Crippen LogP contribution is -2.31. The van der Waals surface area contributed by atoms with Crippen LogP contribution in [0.3, 0.4) is 0 Å². The van der Waals surface area contributed by atoms with Crippen molar-refractivity contribution in [2.45, 2.75) is 44.9 Å². The van der Waals surface area contributed by atoms with E-state index >= 15 is 0 Å². The van der Waals surface area contributed by atoms with Gasteiger partial charge in [0, 0.05) is 5.69 Å². The Kier molecular flexibility index (Phi) is 5.28. The van der Waals surface area contributed by atoms with Crippen LogP contribution in [0.25, 0.3) is 0 Å². The molecule has 0 saturated heterocycles. The third-order valence-corrected chi connectivity index (χ3v) is 3.81. The summed E-state index contributed by atoms with van der Waals surface area (Å²) in [6.45, 7) is 1.40. The molecule has 0 bridgehead atoms. The van der Waals surface area contributed by atoms with E-state index in [9.17, 15) is 22.8 Å². The molecular formula is C16H18F3NO3. The Morgan fingerprint density at radius 2 is 1.91 bits per heavy atom. The van der Waals surface area contributed by atoms with Crippen molar-refractivity contribution in [1.82, 2.24) is 0 Å². The van der Waals surface area contributed by atoms with Crippen molar-refractivity contribution in [3.8, 4) is 0 Å². The topological polar surface area (TPSA) is 55.4 Å². The molecule has 1 aliphatic rings. The standard InChI is InChI=1S/C16H18F3NO3/c1-10(23-15(22)11-5-2-3-6-11)14(21)20-13-8-4-7-12(9-13)16(17,18)19/h4,7-11H,2-3,5-6H2,1H3,(H,20,21)/t10-/m1/s1. The van der Waals surface area contributed by atoms with E-state index in [0.29, 0.717) is 0 Å². The quantitative estimate of drug-likeness (QED) is 0.856. The van der Waals surface area contributed by atoms with Crippen molar-refractivity contribution < 1.29 is 27.5 Å². The highest BCUT2D eigenvalue weighted by Gasteiger charge is 2.31. The zero-order chi connectivity index (χ0) is 17.0. The van der Waals surface area contributed by atoms with Gasteiger partial charge in [0.1, 0.15) is 0 Å². The number of benzene rings is 1. The maximum absolute atomic E-state index is 12.6. The first-order valence-corrected chi connectivity index (χ1v) is 7.46. The van der Waals surface area contributed by atoms with Crippen molar-refractivity contribution >= 4 is 17.6 Å². The summed E-state index contributed by atoms with van der Waals surface area (Å²) in [5, 5.41) is 2.33. The summed E-state index contributed by atoms with van der Waals surface area (Å²) in [6.07, 6.45) is -2.12. The highest BCUT2D eigenvalue weighted by atomic mass is 19.4. The average molecular weight is 329 g/mol. The first-order chi connectivity index (χ1) is 10.8. The lowest BCUT2D eigenvalue weighted by Gasteiger charge is -2.16. The lowest BCUT2D eigenvalue weighted by atomic mass is 10.1. The molecule has 0 aromatic heterocycles. The molecule has 0 heterocycles. The molecule has 1 saturated carbocycles. The van der Waals surface area contributed by atoms with Crippen molar-refractivity contribution in [2.75, 3.05) is 5.32 Å². The molecule has 0 unspecified atom stereocenters. The molecule has 0 aliphatic heterocycles. The summed E-state index contributed by atoms with van der Waals surface area (Å²) >= 11 is 0. The summed E-state index contributed by atoms with van der Waals surface area (Å²) in [5.41, 5.74) is -0.848. The number of hydrogen-bond donors (Lipinski definition) is 1. The number of nitrogens with one attached hydrogen (secondary N) is 1. The second kappa shape index (κ2) is 7.02. The number of amides is 1. The van der Waals surface area contributed by atoms with Crippen LogP contribution in [0.15, 0.2) is 24.3 Å². The molecule has 1 N–H and O–H groups in total. The van der Waals surface area contributed by atoms with Gasteiger partial charge in [0.05, 0.1) is 11.5 Å². The maximum atomic E-state index is 12.6. The molecule has 2 rings (SSSR count). The number of ether oxygens (including phenoxy) is 1. The third-order valence-electron chi connectivity index (χ3n) is 3.81. The normalized spacial score (nSPS) is 16.9. The predicted octanol–water partition coefficient (Wildman–Crippen LogP) is 3.77. The van der Waals surface area contributed by atoms with Gasteiger partial charge < -0.3 is 10.1 Å². The van der Waals surface area contributed by atoms with E-state index < -0.39 is 29.7 Å². The van der Waals surface area contributed by atoms with Crippen molar-refractivity contribution in [3.63, 3.8) is 0 Å². The molecule has 0 spiro atoms. The summed E-state index contributed by atoms with van der Waals surface area (Å²) in [5.74, 6) is -1.26. The zero-order valence-corrected chi connectivity index (χ0v) is 12.7. The van der Waals surface area contributed by atoms with Gasteiger partial charge in [-0.15, -0.1) is 0 Å². The summed E-state index contributed by atoms with van der Waals surface area (Å²) in [7, 11) is 0. The SMILES string of the molecule is C[C@@H](OC(=O)C1CCCC1)C(=O)Nc1cccc(C(F)(F)F)c1. The van der Waals surface area contributed by atoms with Crippen molar-refractivity contribution in [3.05, 3.63) is 29.8 Å². The van der Waals surface area contributed by atoms with Gasteiger partial charge >= 0.3 is 12.1 Å². The van der Waals surface area contributed by atoms with Gasteiger partial charge in [-0.1, -0.05) is 18.9 Å². The number of halogens is 3. The Morgan fingerprint density at radius 3 is 2.52 bits per heavy atom. The van der Waals surface area contributed by atoms with E-state index in [1.807, 2.05) is 0 Å². The molecule has 1 fully saturated rings. The molecule has 0 radical (unpaired) electrons. The molecule has 23 heavy (non-hydrogen) atoms. The van der Waals surface area contributed by atoms with Crippen LogP contribution >= 0.6 is 0 Å². The van der Waals surface area contributed by atoms with Crippen LogP contribution in [0, 0.1) is 5.92 Å². The van der Waals surface area contributed by atoms with Gasteiger partial charge in [-0.2, -0.15) is 13.2 Å². The zero-order valence-electron chi connectivity index (χ0n) is 12.7. The van der Waals surface area contributed by atoms with E-state index in [4.69, 9.17) is 4.74 Å². The molecule has 4 nitrogen and oxygen atoms in total. The highest BCUT2D eigenvalue weighted by Crippen LogP contribution is 2.30. The second-order valence-electron chi connectivity index (χ2n) is 5.63. The Morgan fingerprint density at radius 1 is 1.26 bits per heavy atom. The van der Waals surface area contributed by atoms with Crippen molar-refractivity contribution in [1.29, 1.82) is 0 Å².